The molecule has 7 N–H and O–H groups in total. The van der Waals surface area contributed by atoms with Crippen LogP contribution in [-0.4, -0.2) is 23.3 Å². The molecule has 124 valence electrons. The van der Waals surface area contributed by atoms with Crippen molar-refractivity contribution in [2.45, 2.75) is 6.42 Å². The van der Waals surface area contributed by atoms with Gasteiger partial charge in [0.15, 0.2) is 0 Å². The van der Waals surface area contributed by atoms with Crippen molar-refractivity contribution >= 4 is 16.5 Å². The monoisotopic (exact) mass is 323 g/mol. The summed E-state index contributed by atoms with van der Waals surface area (Å²) in [5, 5.41) is 24.6. The van der Waals surface area contributed by atoms with E-state index < -0.39 is 0 Å². The van der Waals surface area contributed by atoms with Gasteiger partial charge in [-0.15, -0.1) is 0 Å². The van der Waals surface area contributed by atoms with Crippen molar-refractivity contribution in [1.82, 2.24) is 5.32 Å². The Morgan fingerprint density at radius 1 is 1.00 bits per heavy atom. The van der Waals surface area contributed by atoms with Gasteiger partial charge in [-0.3, -0.25) is 0 Å². The normalized spacial score (nSPS) is 16.2. The summed E-state index contributed by atoms with van der Waals surface area (Å²) < 4.78 is 0. The minimum absolute atomic E-state index is 0.0647. The molecule has 0 aromatic heterocycles. The maximum atomic E-state index is 10.2. The van der Waals surface area contributed by atoms with E-state index in [-0.39, 0.29) is 11.5 Å². The number of phenols is 2. The van der Waals surface area contributed by atoms with E-state index in [2.05, 4.69) is 11.4 Å². The highest BCUT2D eigenvalue weighted by Crippen LogP contribution is 2.30. The van der Waals surface area contributed by atoms with E-state index in [1.807, 2.05) is 0 Å². The first-order chi connectivity index (χ1) is 11.5. The first kappa shape index (κ1) is 16.0. The van der Waals surface area contributed by atoms with E-state index in [1.54, 1.807) is 42.5 Å². The first-order valence-electron chi connectivity index (χ1n) is 7.84. The molecule has 5 nitrogen and oxygen atoms in total. The van der Waals surface area contributed by atoms with Gasteiger partial charge in [-0.2, -0.15) is 0 Å². The zero-order valence-corrected chi connectivity index (χ0v) is 13.3. The number of hydrogen-bond donors (Lipinski definition) is 5. The summed E-state index contributed by atoms with van der Waals surface area (Å²) in [7, 11) is 0. The van der Waals surface area contributed by atoms with Crippen LogP contribution in [0, 0.1) is 0 Å². The Hall–Kier alpha value is -2.92. The van der Waals surface area contributed by atoms with E-state index in [9.17, 15) is 10.2 Å². The van der Waals surface area contributed by atoms with Gasteiger partial charge in [0.1, 0.15) is 11.5 Å². The maximum absolute atomic E-state index is 10.2. The predicted octanol–water partition coefficient (Wildman–Crippen LogP) is 2.31. The third-order valence-electron chi connectivity index (χ3n) is 4.13. The van der Waals surface area contributed by atoms with Crippen LogP contribution in [0.25, 0.3) is 16.5 Å². The van der Waals surface area contributed by atoms with Crippen molar-refractivity contribution in [2.24, 2.45) is 11.5 Å². The molecule has 0 saturated carbocycles. The van der Waals surface area contributed by atoms with E-state index >= 15 is 0 Å². The van der Waals surface area contributed by atoms with Crippen LogP contribution in [0.3, 0.4) is 0 Å². The largest absolute Gasteiger partial charge is 0.508 e. The fourth-order valence-corrected chi connectivity index (χ4v) is 2.77. The molecular weight excluding hydrogens is 302 g/mol. The molecular formula is C19H21N3O2. The van der Waals surface area contributed by atoms with Gasteiger partial charge in [-0.25, -0.2) is 0 Å². The molecule has 3 rings (SSSR count). The molecule has 5 heteroatoms. The predicted molar refractivity (Wildman–Crippen MR) is 97.3 cm³/mol. The summed E-state index contributed by atoms with van der Waals surface area (Å²) in [5.41, 5.74) is 15.0. The number of hydrogen-bond acceptors (Lipinski definition) is 5. The molecule has 1 aliphatic heterocycles. The summed E-state index contributed by atoms with van der Waals surface area (Å²) in [6.07, 6.45) is 6.44. The van der Waals surface area contributed by atoms with E-state index in [1.165, 1.54) is 0 Å². The molecule has 0 atom stereocenters. The average Bonchev–Trinajstić information content (AvgIpc) is 2.59. The van der Waals surface area contributed by atoms with Crippen LogP contribution in [0.15, 0.2) is 59.8 Å². The lowest BCUT2D eigenvalue weighted by atomic mass is 10.0. The summed E-state index contributed by atoms with van der Waals surface area (Å²) in [6.45, 7) is 1.74. The van der Waals surface area contributed by atoms with Crippen molar-refractivity contribution in [2.75, 3.05) is 13.1 Å². The second-order valence-corrected chi connectivity index (χ2v) is 5.83. The molecule has 1 aliphatic rings. The van der Waals surface area contributed by atoms with Crippen LogP contribution in [-0.2, 0) is 0 Å². The fraction of sp³-hybridized carbons (Fsp3) is 0.158. The molecule has 0 spiro atoms. The fourth-order valence-electron chi connectivity index (χ4n) is 2.77. The summed E-state index contributed by atoms with van der Waals surface area (Å²) >= 11 is 0. The Balaban J connectivity index is 1.92. The van der Waals surface area contributed by atoms with Crippen molar-refractivity contribution in [1.29, 1.82) is 0 Å². The summed E-state index contributed by atoms with van der Waals surface area (Å²) in [5.74, 6) is 0.221. The van der Waals surface area contributed by atoms with Crippen molar-refractivity contribution in [3.05, 3.63) is 65.4 Å². The quantitative estimate of drug-likeness (QED) is 0.558. The zero-order valence-electron chi connectivity index (χ0n) is 13.3. The van der Waals surface area contributed by atoms with E-state index in [0.29, 0.717) is 17.0 Å². The molecule has 0 fully saturated rings. The molecule has 24 heavy (non-hydrogen) atoms. The van der Waals surface area contributed by atoms with Gasteiger partial charge in [0.05, 0.1) is 0 Å². The highest BCUT2D eigenvalue weighted by Gasteiger charge is 2.08. The highest BCUT2D eigenvalue weighted by atomic mass is 16.3. The lowest BCUT2D eigenvalue weighted by Crippen LogP contribution is -2.22. The Bertz CT molecular complexity index is 866. The van der Waals surface area contributed by atoms with Gasteiger partial charge in [-0.05, 0) is 65.7 Å². The van der Waals surface area contributed by atoms with Gasteiger partial charge < -0.3 is 27.0 Å². The topological polar surface area (TPSA) is 105 Å². The third-order valence-corrected chi connectivity index (χ3v) is 4.13. The molecule has 0 bridgehead atoms. The van der Waals surface area contributed by atoms with Crippen molar-refractivity contribution in [3.8, 4) is 11.5 Å². The van der Waals surface area contributed by atoms with Crippen molar-refractivity contribution in [3.63, 3.8) is 0 Å². The number of nitrogens with two attached hydrogens (primary N) is 2. The lowest BCUT2D eigenvalue weighted by molar-refractivity contribution is 0.473. The Morgan fingerprint density at radius 3 is 2.54 bits per heavy atom. The lowest BCUT2D eigenvalue weighted by Gasteiger charge is -2.14. The molecule has 1 heterocycles. The number of fused-ring (bicyclic) bond motifs is 1. The van der Waals surface area contributed by atoms with Gasteiger partial charge >= 0.3 is 0 Å². The van der Waals surface area contributed by atoms with E-state index in [4.69, 9.17) is 11.5 Å². The van der Waals surface area contributed by atoms with Gasteiger partial charge in [0, 0.05) is 23.5 Å². The smallest absolute Gasteiger partial charge is 0.125 e. The minimum atomic E-state index is 0.0647. The maximum Gasteiger partial charge on any atom is 0.125 e. The van der Waals surface area contributed by atoms with Crippen LogP contribution < -0.4 is 16.8 Å². The molecule has 0 saturated heterocycles. The van der Waals surface area contributed by atoms with E-state index in [0.717, 1.165) is 35.9 Å². The Labute approximate surface area is 140 Å². The summed E-state index contributed by atoms with van der Waals surface area (Å²) in [6, 6.07) is 8.37. The van der Waals surface area contributed by atoms with Gasteiger partial charge in [0.25, 0.3) is 0 Å². The van der Waals surface area contributed by atoms with Crippen LogP contribution >= 0.6 is 0 Å². The molecule has 0 unspecified atom stereocenters. The molecule has 2 aromatic carbocycles. The van der Waals surface area contributed by atoms with Crippen LogP contribution in [0.1, 0.15) is 12.0 Å². The summed E-state index contributed by atoms with van der Waals surface area (Å²) in [4.78, 5) is 0. The minimum Gasteiger partial charge on any atom is -0.508 e. The number of nitrogens with one attached hydrogen (secondary N) is 1. The Morgan fingerprint density at radius 2 is 1.79 bits per heavy atom. The SMILES string of the molecule is N/C(=C\C=C(/N)c1cc2ccc(O)cc2cc1O)C1=CCNCC1. The Kier molecular flexibility index (Phi) is 4.44. The standard InChI is InChI=1S/C19H21N3O2/c20-17(12-5-7-22-8-6-12)3-4-18(21)16-10-13-1-2-15(23)9-14(13)11-19(16)24/h1-5,9-11,22-24H,6-8,20-21H2/b17-3-,18-4-. The number of allylic oxidation sites excluding steroid dienone is 3. The second kappa shape index (κ2) is 6.68. The highest BCUT2D eigenvalue weighted by molar-refractivity contribution is 5.89. The molecule has 2 aromatic rings. The molecule has 0 aliphatic carbocycles. The van der Waals surface area contributed by atoms with Crippen LogP contribution in [0.5, 0.6) is 11.5 Å². The average molecular weight is 323 g/mol. The number of rotatable bonds is 3. The number of benzene rings is 2. The number of aromatic hydroxyl groups is 2. The molecule has 0 radical (unpaired) electrons. The van der Waals surface area contributed by atoms with Crippen molar-refractivity contribution < 1.29 is 10.2 Å². The third kappa shape index (κ3) is 3.36. The first-order valence-corrected chi connectivity index (χ1v) is 7.84. The van der Waals surface area contributed by atoms with Crippen LogP contribution in [0.4, 0.5) is 0 Å². The molecule has 0 amide bonds. The van der Waals surface area contributed by atoms with Gasteiger partial charge in [0.2, 0.25) is 0 Å². The van der Waals surface area contributed by atoms with Crippen LogP contribution in [0.2, 0.25) is 0 Å². The van der Waals surface area contributed by atoms with Gasteiger partial charge in [-0.1, -0.05) is 12.1 Å². The zero-order chi connectivity index (χ0) is 17.1. The second-order valence-electron chi connectivity index (χ2n) is 5.83. The number of phenolic OH excluding ortho intramolecular Hbond substituents is 2.